The van der Waals surface area contributed by atoms with Gasteiger partial charge in [-0.15, -0.1) is 0 Å². The first-order valence-corrected chi connectivity index (χ1v) is 6.71. The van der Waals surface area contributed by atoms with Gasteiger partial charge in [-0.2, -0.15) is 0 Å². The van der Waals surface area contributed by atoms with E-state index in [4.69, 9.17) is 16.3 Å². The van der Waals surface area contributed by atoms with Crippen molar-refractivity contribution in [3.63, 3.8) is 0 Å². The van der Waals surface area contributed by atoms with Gasteiger partial charge >= 0.3 is 5.97 Å². The molecule has 0 spiro atoms. The summed E-state index contributed by atoms with van der Waals surface area (Å²) in [6.45, 7) is 1.57. The number of hydrogen-bond acceptors (Lipinski definition) is 3. The van der Waals surface area contributed by atoms with E-state index in [-0.39, 0.29) is 17.8 Å². The van der Waals surface area contributed by atoms with E-state index in [1.54, 1.807) is 31.2 Å². The normalized spacial score (nSPS) is 16.3. The molecule has 1 saturated carbocycles. The summed E-state index contributed by atoms with van der Waals surface area (Å²) >= 11 is 5.75. The first-order chi connectivity index (χ1) is 9.06. The number of carbonyl (C=O) groups excluding carboxylic acids is 2. The van der Waals surface area contributed by atoms with Gasteiger partial charge in [0.05, 0.1) is 5.92 Å². The van der Waals surface area contributed by atoms with Crippen molar-refractivity contribution in [2.24, 2.45) is 5.92 Å². The van der Waals surface area contributed by atoms with Gasteiger partial charge < -0.3 is 10.1 Å². The number of hydrogen-bond donors (Lipinski definition) is 1. The Bertz CT molecular complexity index is 468. The molecule has 1 fully saturated rings. The number of nitrogens with one attached hydrogen (secondary N) is 1. The molecule has 5 heteroatoms. The van der Waals surface area contributed by atoms with Crippen molar-refractivity contribution in [2.75, 3.05) is 5.32 Å². The number of benzene rings is 1. The van der Waals surface area contributed by atoms with Crippen LogP contribution in [0.5, 0.6) is 0 Å². The number of ether oxygens (including phenoxy) is 1. The molecule has 1 amide bonds. The van der Waals surface area contributed by atoms with Gasteiger partial charge in [0, 0.05) is 10.7 Å². The molecule has 102 valence electrons. The topological polar surface area (TPSA) is 55.4 Å². The summed E-state index contributed by atoms with van der Waals surface area (Å²) in [6, 6.07) is 6.76. The van der Waals surface area contributed by atoms with E-state index >= 15 is 0 Å². The minimum atomic E-state index is -0.788. The molecule has 1 aromatic carbocycles. The lowest BCUT2D eigenvalue weighted by Crippen LogP contribution is -2.34. The Morgan fingerprint density at radius 3 is 2.47 bits per heavy atom. The standard InChI is InChI=1S/C14H16ClNO3/c1-9(19-14(18)10-3-2-4-10)13(17)16-12-7-5-11(15)6-8-12/h5-10H,2-4H2,1H3,(H,16,17)/t9-/m1/s1. The van der Waals surface area contributed by atoms with Crippen molar-refractivity contribution < 1.29 is 14.3 Å². The average Bonchev–Trinajstić information content (AvgIpc) is 2.29. The summed E-state index contributed by atoms with van der Waals surface area (Å²) in [5.74, 6) is -0.634. The molecule has 1 N–H and O–H groups in total. The number of rotatable bonds is 4. The monoisotopic (exact) mass is 281 g/mol. The summed E-state index contributed by atoms with van der Waals surface area (Å²) in [5.41, 5.74) is 0.626. The van der Waals surface area contributed by atoms with Gasteiger partial charge in [0.15, 0.2) is 6.10 Å². The predicted octanol–water partition coefficient (Wildman–Crippen LogP) is 3.01. The second-order valence-corrected chi connectivity index (χ2v) is 5.14. The molecule has 1 atom stereocenters. The number of anilines is 1. The number of amides is 1. The molecule has 0 bridgehead atoms. The van der Waals surface area contributed by atoms with Crippen molar-refractivity contribution in [3.05, 3.63) is 29.3 Å². The fourth-order valence-electron chi connectivity index (χ4n) is 1.75. The van der Waals surface area contributed by atoms with Gasteiger partial charge in [-0.05, 0) is 44.0 Å². The largest absolute Gasteiger partial charge is 0.452 e. The molecular weight excluding hydrogens is 266 g/mol. The molecule has 1 aliphatic carbocycles. The highest BCUT2D eigenvalue weighted by atomic mass is 35.5. The third-order valence-electron chi connectivity index (χ3n) is 3.21. The zero-order chi connectivity index (χ0) is 13.8. The highest BCUT2D eigenvalue weighted by Crippen LogP contribution is 2.27. The fourth-order valence-corrected chi connectivity index (χ4v) is 1.87. The minimum Gasteiger partial charge on any atom is -0.452 e. The predicted molar refractivity (Wildman–Crippen MR) is 73.0 cm³/mol. The van der Waals surface area contributed by atoms with E-state index in [0.717, 1.165) is 19.3 Å². The summed E-state index contributed by atoms with van der Waals surface area (Å²) in [5, 5.41) is 3.27. The molecule has 0 aromatic heterocycles. The first-order valence-electron chi connectivity index (χ1n) is 6.33. The van der Waals surface area contributed by atoms with Gasteiger partial charge in [0.1, 0.15) is 0 Å². The maximum Gasteiger partial charge on any atom is 0.309 e. The molecule has 4 nitrogen and oxygen atoms in total. The Morgan fingerprint density at radius 1 is 1.32 bits per heavy atom. The van der Waals surface area contributed by atoms with Gasteiger partial charge in [-0.1, -0.05) is 18.0 Å². The molecule has 0 radical (unpaired) electrons. The number of halogens is 1. The van der Waals surface area contributed by atoms with Gasteiger partial charge in [0.25, 0.3) is 5.91 Å². The fraction of sp³-hybridized carbons (Fsp3) is 0.429. The highest BCUT2D eigenvalue weighted by molar-refractivity contribution is 6.30. The van der Waals surface area contributed by atoms with E-state index in [1.807, 2.05) is 0 Å². The maximum atomic E-state index is 11.8. The molecule has 0 unspecified atom stereocenters. The second-order valence-electron chi connectivity index (χ2n) is 4.70. The molecule has 0 saturated heterocycles. The van der Waals surface area contributed by atoms with Crippen LogP contribution in [0.4, 0.5) is 5.69 Å². The van der Waals surface area contributed by atoms with Crippen molar-refractivity contribution in [2.45, 2.75) is 32.3 Å². The molecule has 1 aliphatic rings. The van der Waals surface area contributed by atoms with Crippen LogP contribution in [0.2, 0.25) is 5.02 Å². The van der Waals surface area contributed by atoms with Crippen LogP contribution in [0.15, 0.2) is 24.3 Å². The van der Waals surface area contributed by atoms with Crippen LogP contribution < -0.4 is 5.32 Å². The maximum absolute atomic E-state index is 11.8. The van der Waals surface area contributed by atoms with Crippen molar-refractivity contribution in [1.29, 1.82) is 0 Å². The highest BCUT2D eigenvalue weighted by Gasteiger charge is 2.29. The Balaban J connectivity index is 1.84. The minimum absolute atomic E-state index is 0.0224. The first kappa shape index (κ1) is 13.9. The van der Waals surface area contributed by atoms with E-state index in [9.17, 15) is 9.59 Å². The quantitative estimate of drug-likeness (QED) is 0.863. The van der Waals surface area contributed by atoms with Crippen LogP contribution in [0.3, 0.4) is 0 Å². The van der Waals surface area contributed by atoms with Crippen LogP contribution in [0, 0.1) is 5.92 Å². The summed E-state index contributed by atoms with van der Waals surface area (Å²) < 4.78 is 5.13. The molecule has 0 heterocycles. The lowest BCUT2D eigenvalue weighted by atomic mass is 9.86. The molecule has 2 rings (SSSR count). The summed E-state index contributed by atoms with van der Waals surface area (Å²) in [6.07, 6.45) is 2.00. The SMILES string of the molecule is C[C@@H](OC(=O)C1CCC1)C(=O)Nc1ccc(Cl)cc1. The lowest BCUT2D eigenvalue weighted by molar-refractivity contribution is -0.159. The average molecular weight is 282 g/mol. The van der Waals surface area contributed by atoms with E-state index in [1.165, 1.54) is 0 Å². The van der Waals surface area contributed by atoms with Crippen molar-refractivity contribution in [1.82, 2.24) is 0 Å². The second kappa shape index (κ2) is 6.06. The Morgan fingerprint density at radius 2 is 1.95 bits per heavy atom. The smallest absolute Gasteiger partial charge is 0.309 e. The van der Waals surface area contributed by atoms with E-state index in [2.05, 4.69) is 5.32 Å². The summed E-state index contributed by atoms with van der Waals surface area (Å²) in [7, 11) is 0. The molecule has 1 aromatic rings. The van der Waals surface area contributed by atoms with Crippen LogP contribution in [0.1, 0.15) is 26.2 Å². The number of carbonyl (C=O) groups is 2. The summed E-state index contributed by atoms with van der Waals surface area (Å²) in [4.78, 5) is 23.5. The van der Waals surface area contributed by atoms with Crippen LogP contribution in [0.25, 0.3) is 0 Å². The lowest BCUT2D eigenvalue weighted by Gasteiger charge is -2.24. The zero-order valence-electron chi connectivity index (χ0n) is 10.7. The van der Waals surface area contributed by atoms with Crippen molar-refractivity contribution in [3.8, 4) is 0 Å². The van der Waals surface area contributed by atoms with Crippen LogP contribution >= 0.6 is 11.6 Å². The van der Waals surface area contributed by atoms with E-state index in [0.29, 0.717) is 10.7 Å². The van der Waals surface area contributed by atoms with E-state index < -0.39 is 6.10 Å². The van der Waals surface area contributed by atoms with Gasteiger partial charge in [-0.25, -0.2) is 0 Å². The Labute approximate surface area is 117 Å². The third-order valence-corrected chi connectivity index (χ3v) is 3.46. The molecular formula is C14H16ClNO3. The molecule has 0 aliphatic heterocycles. The van der Waals surface area contributed by atoms with Gasteiger partial charge in [0.2, 0.25) is 0 Å². The molecule has 19 heavy (non-hydrogen) atoms. The van der Waals surface area contributed by atoms with Crippen LogP contribution in [-0.4, -0.2) is 18.0 Å². The zero-order valence-corrected chi connectivity index (χ0v) is 11.4. The Kier molecular flexibility index (Phi) is 4.43. The number of esters is 1. The van der Waals surface area contributed by atoms with Crippen molar-refractivity contribution >= 4 is 29.2 Å². The van der Waals surface area contributed by atoms with Crippen LogP contribution in [-0.2, 0) is 14.3 Å². The third kappa shape index (κ3) is 3.70. The van der Waals surface area contributed by atoms with Gasteiger partial charge in [-0.3, -0.25) is 9.59 Å². The Hall–Kier alpha value is -1.55.